The Bertz CT molecular complexity index is 432. The number of hydrogen-bond acceptors (Lipinski definition) is 2. The van der Waals surface area contributed by atoms with Gasteiger partial charge in [0.2, 0.25) is 0 Å². The van der Waals surface area contributed by atoms with Crippen LogP contribution in [0.15, 0.2) is 43.0 Å². The average molecular weight is 259 g/mol. The number of benzene rings is 1. The standard InChI is InChI=1S/C10H11N3.C4H8.C2H6/c1-2-9-11-10(13-12-9)8-6-4-3-5-7-8;1-3-4-2;1-2/h3-7H,2H2,1H3,(H,11,12,13);3H,1,4H2,2H3;1-2H3. The van der Waals surface area contributed by atoms with Crippen LogP contribution < -0.4 is 0 Å². The zero-order valence-corrected chi connectivity index (χ0v) is 12.5. The van der Waals surface area contributed by atoms with Crippen LogP contribution in [0.4, 0.5) is 0 Å². The summed E-state index contributed by atoms with van der Waals surface area (Å²) in [5, 5.41) is 7.01. The lowest BCUT2D eigenvalue weighted by molar-refractivity contribution is 0.946. The van der Waals surface area contributed by atoms with Crippen LogP contribution in [0.2, 0.25) is 0 Å². The molecule has 0 radical (unpaired) electrons. The van der Waals surface area contributed by atoms with E-state index in [4.69, 9.17) is 0 Å². The molecule has 0 unspecified atom stereocenters. The fourth-order valence-electron chi connectivity index (χ4n) is 1.17. The van der Waals surface area contributed by atoms with Crippen molar-refractivity contribution in [1.29, 1.82) is 0 Å². The van der Waals surface area contributed by atoms with Crippen LogP contribution in [0.25, 0.3) is 11.4 Å². The Kier molecular flexibility index (Phi) is 10.1. The average Bonchev–Trinajstić information content (AvgIpc) is 2.99. The third-order valence-corrected chi connectivity index (χ3v) is 2.19. The second-order valence-corrected chi connectivity index (χ2v) is 3.52. The van der Waals surface area contributed by atoms with Crippen LogP contribution in [0.3, 0.4) is 0 Å². The molecule has 3 nitrogen and oxygen atoms in total. The number of aromatic amines is 1. The molecule has 2 rings (SSSR count). The van der Waals surface area contributed by atoms with Crippen molar-refractivity contribution in [3.8, 4) is 11.4 Å². The summed E-state index contributed by atoms with van der Waals surface area (Å²) >= 11 is 0. The monoisotopic (exact) mass is 259 g/mol. The van der Waals surface area contributed by atoms with Crippen LogP contribution in [0.1, 0.15) is 39.9 Å². The molecule has 0 bridgehead atoms. The summed E-state index contributed by atoms with van der Waals surface area (Å²) in [6.45, 7) is 11.6. The molecular formula is C16H25N3. The smallest absolute Gasteiger partial charge is 0.181 e. The highest BCUT2D eigenvalue weighted by atomic mass is 15.2. The molecule has 1 aromatic carbocycles. The minimum Gasteiger partial charge on any atom is -0.263 e. The van der Waals surface area contributed by atoms with Crippen LogP contribution in [-0.4, -0.2) is 15.2 Å². The van der Waals surface area contributed by atoms with Crippen LogP contribution >= 0.6 is 0 Å². The van der Waals surface area contributed by atoms with Gasteiger partial charge in [0, 0.05) is 12.0 Å². The minimum atomic E-state index is 0.775. The zero-order chi connectivity index (χ0) is 14.5. The molecule has 3 heteroatoms. The maximum Gasteiger partial charge on any atom is 0.181 e. The lowest BCUT2D eigenvalue weighted by atomic mass is 10.2. The Morgan fingerprint density at radius 1 is 1.16 bits per heavy atom. The van der Waals surface area contributed by atoms with Crippen LogP contribution in [0, 0.1) is 0 Å². The number of nitrogens with one attached hydrogen (secondary N) is 1. The van der Waals surface area contributed by atoms with Gasteiger partial charge < -0.3 is 0 Å². The molecule has 0 saturated heterocycles. The quantitative estimate of drug-likeness (QED) is 0.816. The molecule has 1 aromatic heterocycles. The van der Waals surface area contributed by atoms with Gasteiger partial charge in [0.25, 0.3) is 0 Å². The van der Waals surface area contributed by atoms with Gasteiger partial charge in [0.05, 0.1) is 0 Å². The van der Waals surface area contributed by atoms with E-state index >= 15 is 0 Å². The van der Waals surface area contributed by atoms with Gasteiger partial charge in [-0.15, -0.1) is 6.58 Å². The maximum absolute atomic E-state index is 4.33. The van der Waals surface area contributed by atoms with Crippen molar-refractivity contribution in [3.63, 3.8) is 0 Å². The number of hydrogen-bond donors (Lipinski definition) is 1. The molecule has 1 heterocycles. The highest BCUT2D eigenvalue weighted by Crippen LogP contribution is 2.12. The predicted octanol–water partition coefficient (Wildman–Crippen LogP) is 4.64. The van der Waals surface area contributed by atoms with Crippen molar-refractivity contribution in [3.05, 3.63) is 48.8 Å². The number of rotatable bonds is 3. The van der Waals surface area contributed by atoms with Gasteiger partial charge in [-0.25, -0.2) is 4.98 Å². The summed E-state index contributed by atoms with van der Waals surface area (Å²) in [4.78, 5) is 4.33. The normalized spacial score (nSPS) is 8.63. The van der Waals surface area contributed by atoms with Gasteiger partial charge in [0.15, 0.2) is 5.82 Å². The summed E-state index contributed by atoms with van der Waals surface area (Å²) in [6, 6.07) is 9.96. The van der Waals surface area contributed by atoms with E-state index in [1.807, 2.05) is 50.3 Å². The number of aromatic nitrogens is 3. The van der Waals surface area contributed by atoms with Crippen molar-refractivity contribution in [2.75, 3.05) is 0 Å². The van der Waals surface area contributed by atoms with Gasteiger partial charge in [-0.2, -0.15) is 5.10 Å². The van der Waals surface area contributed by atoms with E-state index in [1.54, 1.807) is 0 Å². The lowest BCUT2D eigenvalue weighted by Gasteiger charge is -1.91. The van der Waals surface area contributed by atoms with Crippen molar-refractivity contribution in [1.82, 2.24) is 15.2 Å². The minimum absolute atomic E-state index is 0.775. The lowest BCUT2D eigenvalue weighted by Crippen LogP contribution is -1.81. The van der Waals surface area contributed by atoms with Crippen molar-refractivity contribution < 1.29 is 0 Å². The van der Waals surface area contributed by atoms with Gasteiger partial charge in [-0.05, 0) is 6.42 Å². The van der Waals surface area contributed by atoms with E-state index in [0.717, 1.165) is 30.1 Å². The third kappa shape index (κ3) is 6.55. The second-order valence-electron chi connectivity index (χ2n) is 3.52. The molecule has 104 valence electrons. The zero-order valence-electron chi connectivity index (χ0n) is 12.5. The first-order chi connectivity index (χ1) is 9.31. The summed E-state index contributed by atoms with van der Waals surface area (Å²) in [5.41, 5.74) is 1.05. The molecule has 0 spiro atoms. The molecule has 0 aliphatic rings. The van der Waals surface area contributed by atoms with Crippen LogP contribution in [-0.2, 0) is 6.42 Å². The molecular weight excluding hydrogens is 234 g/mol. The summed E-state index contributed by atoms with van der Waals surface area (Å²) in [6.07, 6.45) is 3.85. The van der Waals surface area contributed by atoms with E-state index in [9.17, 15) is 0 Å². The van der Waals surface area contributed by atoms with Crippen molar-refractivity contribution >= 4 is 0 Å². The molecule has 0 amide bonds. The van der Waals surface area contributed by atoms with Crippen molar-refractivity contribution in [2.24, 2.45) is 0 Å². The summed E-state index contributed by atoms with van der Waals surface area (Å²) < 4.78 is 0. The van der Waals surface area contributed by atoms with Gasteiger partial charge in [-0.3, -0.25) is 5.10 Å². The Balaban J connectivity index is 0.000000467. The number of aryl methyl sites for hydroxylation is 1. The van der Waals surface area contributed by atoms with E-state index in [1.165, 1.54) is 0 Å². The second kappa shape index (κ2) is 11.2. The first-order valence-corrected chi connectivity index (χ1v) is 6.89. The Morgan fingerprint density at radius 3 is 2.16 bits per heavy atom. The molecule has 0 aliphatic heterocycles. The topological polar surface area (TPSA) is 41.6 Å². The maximum atomic E-state index is 4.33. The SMILES string of the molecule is C=CCC.CC.CCc1nc(-c2ccccc2)n[nH]1. The molecule has 0 saturated carbocycles. The molecule has 19 heavy (non-hydrogen) atoms. The third-order valence-electron chi connectivity index (χ3n) is 2.19. The van der Waals surface area contributed by atoms with Crippen molar-refractivity contribution in [2.45, 2.75) is 40.5 Å². The Hall–Kier alpha value is -1.90. The first-order valence-electron chi connectivity index (χ1n) is 6.89. The number of allylic oxidation sites excluding steroid dienone is 1. The Morgan fingerprint density at radius 2 is 1.74 bits per heavy atom. The van der Waals surface area contributed by atoms with Crippen LogP contribution in [0.5, 0.6) is 0 Å². The van der Waals surface area contributed by atoms with Gasteiger partial charge in [0.1, 0.15) is 5.82 Å². The molecule has 0 atom stereocenters. The molecule has 0 aliphatic carbocycles. The highest BCUT2D eigenvalue weighted by molar-refractivity contribution is 5.53. The van der Waals surface area contributed by atoms with Gasteiger partial charge in [-0.1, -0.05) is 64.1 Å². The summed E-state index contributed by atoms with van der Waals surface area (Å²) in [5.74, 6) is 1.70. The predicted molar refractivity (Wildman–Crippen MR) is 83.0 cm³/mol. The fraction of sp³-hybridized carbons (Fsp3) is 0.375. The highest BCUT2D eigenvalue weighted by Gasteiger charge is 2.02. The molecule has 1 N–H and O–H groups in total. The van der Waals surface area contributed by atoms with E-state index in [2.05, 4.69) is 35.6 Å². The van der Waals surface area contributed by atoms with Gasteiger partial charge >= 0.3 is 0 Å². The largest absolute Gasteiger partial charge is 0.263 e. The van der Waals surface area contributed by atoms with E-state index in [-0.39, 0.29) is 0 Å². The van der Waals surface area contributed by atoms with E-state index < -0.39 is 0 Å². The first kappa shape index (κ1) is 17.1. The number of nitrogens with zero attached hydrogens (tertiary/aromatic N) is 2. The fourth-order valence-corrected chi connectivity index (χ4v) is 1.17. The molecule has 0 fully saturated rings. The molecule has 2 aromatic rings. The van der Waals surface area contributed by atoms with E-state index in [0.29, 0.717) is 0 Å². The number of H-pyrrole nitrogens is 1. The Labute approximate surface area is 116 Å². The summed E-state index contributed by atoms with van der Waals surface area (Å²) in [7, 11) is 0.